The smallest absolute Gasteiger partial charge is 0.416 e. The van der Waals surface area contributed by atoms with Gasteiger partial charge < -0.3 is 35.7 Å². The van der Waals surface area contributed by atoms with Gasteiger partial charge in [-0.25, -0.2) is 37.1 Å². The van der Waals surface area contributed by atoms with E-state index in [4.69, 9.17) is 22.3 Å². The molecule has 14 nitrogen and oxygen atoms in total. The van der Waals surface area contributed by atoms with Crippen molar-refractivity contribution < 1.29 is 109 Å². The van der Waals surface area contributed by atoms with Crippen molar-refractivity contribution in [3.05, 3.63) is 140 Å². The normalized spacial score (nSPS) is 11.1. The molecule has 2 heterocycles. The fraction of sp³-hybridized carbons (Fsp3) is 0.273. The number of hydrogen-bond donors (Lipinski definition) is 3. The molecule has 0 aliphatic rings. The SMILES string of the molecule is CCOC(=O)C(N)=S.CCOC(=O)c1ncns1.CF.NCc1cc(F)c(Oc2cc(C(F)(F)F)cc(C(F)(F)F)c2)cc1F.O=C(NCc1cc(F)c(Oc2cc(C(F)(F)F)cc(C(F)(F)F)c2)cc1F)c1ncns1.[2H]C. The largest absolute Gasteiger partial charge is 0.461 e. The first-order valence-corrected chi connectivity index (χ1v) is 22.2. The highest BCUT2D eigenvalue weighted by Gasteiger charge is 2.39. The summed E-state index contributed by atoms with van der Waals surface area (Å²) < 4.78 is 251. The van der Waals surface area contributed by atoms with Gasteiger partial charge in [-0.2, -0.15) is 61.4 Å². The number of nitrogens with one attached hydrogen (secondary N) is 1. The van der Waals surface area contributed by atoms with E-state index in [-0.39, 0.29) is 64.1 Å². The van der Waals surface area contributed by atoms with Crippen molar-refractivity contribution in [3.8, 4) is 23.0 Å². The quantitative estimate of drug-likeness (QED) is 0.0628. The first-order valence-electron chi connectivity index (χ1n) is 21.2. The van der Waals surface area contributed by atoms with Crippen LogP contribution < -0.4 is 26.3 Å². The highest BCUT2D eigenvalue weighted by Crippen LogP contribution is 2.41. The van der Waals surface area contributed by atoms with E-state index in [2.05, 4.69) is 45.7 Å². The van der Waals surface area contributed by atoms with E-state index in [0.717, 1.165) is 29.4 Å². The summed E-state index contributed by atoms with van der Waals surface area (Å²) in [5, 5.41) is 2.53. The van der Waals surface area contributed by atoms with Crippen LogP contribution in [0.3, 0.4) is 0 Å². The number of esters is 2. The molecule has 6 aromatic rings. The number of alkyl halides is 13. The van der Waals surface area contributed by atoms with Crippen molar-refractivity contribution in [2.24, 2.45) is 11.5 Å². The molecule has 0 aliphatic carbocycles. The van der Waals surface area contributed by atoms with Crippen LogP contribution in [0.5, 0.6) is 23.0 Å². The Morgan fingerprint density at radius 2 is 0.974 bits per heavy atom. The molecule has 0 atom stereocenters. The van der Waals surface area contributed by atoms with Crippen molar-refractivity contribution in [1.82, 2.24) is 24.0 Å². The summed E-state index contributed by atoms with van der Waals surface area (Å²) in [6, 6.07) is 2.87. The van der Waals surface area contributed by atoms with Gasteiger partial charge in [0.25, 0.3) is 5.91 Å². The summed E-state index contributed by atoms with van der Waals surface area (Å²) in [7, 11) is 1.75. The Kier molecular flexibility index (Phi) is 26.2. The number of ether oxygens (including phenoxy) is 4. The van der Waals surface area contributed by atoms with Gasteiger partial charge in [0.2, 0.25) is 10.0 Å². The lowest BCUT2D eigenvalue weighted by Crippen LogP contribution is -2.23. The molecular formula is C44H38F17N7O7S3. The molecule has 0 saturated heterocycles. The molecular weight excluding hydrogens is 1160 g/mol. The van der Waals surface area contributed by atoms with Crippen LogP contribution in [0.25, 0.3) is 0 Å². The van der Waals surface area contributed by atoms with Crippen LogP contribution in [0, 0.1) is 23.3 Å². The molecule has 4 aromatic carbocycles. The van der Waals surface area contributed by atoms with Crippen molar-refractivity contribution >= 4 is 58.1 Å². The summed E-state index contributed by atoms with van der Waals surface area (Å²) >= 11 is 6.08. The Morgan fingerprint density at radius 1 is 0.603 bits per heavy atom. The number of aromatic nitrogens is 4. The molecule has 34 heteroatoms. The average Bonchev–Trinajstić information content (AvgIpc) is 4.14. The summed E-state index contributed by atoms with van der Waals surface area (Å²) in [6.07, 6.45) is -18.0. The van der Waals surface area contributed by atoms with Crippen LogP contribution in [-0.4, -0.2) is 61.9 Å². The van der Waals surface area contributed by atoms with Gasteiger partial charge in [0.05, 0.1) is 42.6 Å². The van der Waals surface area contributed by atoms with Gasteiger partial charge in [0.1, 0.15) is 35.8 Å². The van der Waals surface area contributed by atoms with Crippen LogP contribution in [0.4, 0.5) is 74.6 Å². The lowest BCUT2D eigenvalue weighted by Gasteiger charge is -2.15. The predicted octanol–water partition coefficient (Wildman–Crippen LogP) is 12.6. The average molecular weight is 1200 g/mol. The second kappa shape index (κ2) is 30.6. The summed E-state index contributed by atoms with van der Waals surface area (Å²) in [5.41, 5.74) is 2.81. The van der Waals surface area contributed by atoms with Gasteiger partial charge in [-0.3, -0.25) is 9.18 Å². The molecule has 0 spiro atoms. The number of nitrogens with zero attached hydrogens (tertiary/aromatic N) is 4. The maximum Gasteiger partial charge on any atom is 0.416 e. The molecule has 2 aromatic heterocycles. The van der Waals surface area contributed by atoms with Crippen LogP contribution >= 0.6 is 35.3 Å². The number of rotatable bonds is 11. The summed E-state index contributed by atoms with van der Waals surface area (Å²) in [4.78, 5) is 39.9. The Balaban J connectivity index is 0.000000582. The molecule has 6 rings (SSSR count). The lowest BCUT2D eigenvalue weighted by atomic mass is 10.1. The number of amides is 1. The van der Waals surface area contributed by atoms with Crippen LogP contribution in [0.15, 0.2) is 73.3 Å². The van der Waals surface area contributed by atoms with E-state index in [1.807, 2.05) is 0 Å². The maximum atomic E-state index is 14.3. The van der Waals surface area contributed by atoms with E-state index >= 15 is 0 Å². The molecule has 1 amide bonds. The fourth-order valence-electron chi connectivity index (χ4n) is 4.99. The fourth-order valence-corrected chi connectivity index (χ4v) is 5.92. The standard InChI is InChI=1S/C18H9F8N3O2S.C15H9F8NO.C5H6N2O2S.C4H7NO2S.CH3F.CH4/c19-12-5-14(13(20)1-8(12)6-27-15(30)16-28-7-29-32-16)31-11-3-9(17(21,22)23)2-10(4-11)18(24,25)26;16-11-5-13(12(17)1-7(11)6-24)25-10-3-8(14(18,19)20)2-9(4-10)15(21,22)23;1-2-9-5(8)4-6-3-7-10-4;1-2-7-4(6)3(5)8;1-2;/h1-5,7H,6H2,(H,27,30);1-5H,6,24H2;3H,2H2,1H3;2H2,1H3,(H2,5,8);1H3;1H4/i;;;;;1D. The lowest BCUT2D eigenvalue weighted by molar-refractivity contribution is -0.144. The van der Waals surface area contributed by atoms with Crippen molar-refractivity contribution in [1.29, 1.82) is 0 Å². The Hall–Kier alpha value is -7.33. The first-order chi connectivity index (χ1) is 36.8. The van der Waals surface area contributed by atoms with Crippen LogP contribution in [0.1, 0.15) is 75.6 Å². The second-order valence-electron chi connectivity index (χ2n) is 13.6. The van der Waals surface area contributed by atoms with E-state index in [1.54, 1.807) is 13.8 Å². The highest BCUT2D eigenvalue weighted by atomic mass is 32.1. The topological polar surface area (TPSA) is 204 Å². The Bertz CT molecular complexity index is 2850. The zero-order valence-corrected chi connectivity index (χ0v) is 42.2. The minimum Gasteiger partial charge on any atom is -0.461 e. The summed E-state index contributed by atoms with van der Waals surface area (Å²) in [6.45, 7) is 3.29. The van der Waals surface area contributed by atoms with Gasteiger partial charge in [0, 0.05) is 37.7 Å². The second-order valence-corrected chi connectivity index (χ2v) is 15.6. The number of carbonyl (C=O) groups is 3. The number of benzene rings is 4. The van der Waals surface area contributed by atoms with Crippen LogP contribution in [-0.2, 0) is 52.1 Å². The van der Waals surface area contributed by atoms with Gasteiger partial charge >= 0.3 is 36.6 Å². The van der Waals surface area contributed by atoms with Crippen molar-refractivity contribution in [3.63, 3.8) is 0 Å². The highest BCUT2D eigenvalue weighted by molar-refractivity contribution is 7.81. The molecule has 428 valence electrons. The number of carbonyl (C=O) groups excluding carboxylic acids is 3. The Morgan fingerprint density at radius 3 is 1.29 bits per heavy atom. The predicted molar refractivity (Wildman–Crippen MR) is 248 cm³/mol. The van der Waals surface area contributed by atoms with Gasteiger partial charge in [-0.1, -0.05) is 19.6 Å². The minimum atomic E-state index is -5.14. The molecule has 0 radical (unpaired) electrons. The zero-order valence-electron chi connectivity index (χ0n) is 40.7. The van der Waals surface area contributed by atoms with Gasteiger partial charge in [-0.05, 0) is 85.4 Å². The number of halogens is 17. The number of nitrogens with two attached hydrogens (primary N) is 2. The minimum absolute atomic E-state index is 0.0316. The molecule has 0 saturated carbocycles. The van der Waals surface area contributed by atoms with Crippen LogP contribution in [0.2, 0.25) is 0 Å². The van der Waals surface area contributed by atoms with E-state index in [0.29, 0.717) is 49.7 Å². The molecule has 0 unspecified atom stereocenters. The van der Waals surface area contributed by atoms with E-state index in [9.17, 15) is 89.0 Å². The number of thiocarbonyl (C=S) groups is 1. The third-order valence-electron chi connectivity index (χ3n) is 8.28. The zero-order chi connectivity index (χ0) is 60.6. The van der Waals surface area contributed by atoms with Gasteiger partial charge in [0.15, 0.2) is 28.1 Å². The van der Waals surface area contributed by atoms with E-state index in [1.165, 1.54) is 13.7 Å². The molecule has 5 N–H and O–H groups in total. The molecule has 0 fully saturated rings. The third-order valence-corrected chi connectivity index (χ3v) is 9.76. The maximum absolute atomic E-state index is 14.3. The van der Waals surface area contributed by atoms with Gasteiger partial charge in [-0.15, -0.1) is 0 Å². The van der Waals surface area contributed by atoms with Crippen molar-refractivity contribution in [2.75, 3.05) is 20.4 Å². The monoisotopic (exact) mass is 1200 g/mol. The molecule has 78 heavy (non-hydrogen) atoms. The third kappa shape index (κ3) is 22.0. The van der Waals surface area contributed by atoms with E-state index < -0.39 is 118 Å². The Labute approximate surface area is 444 Å². The molecule has 0 bridgehead atoms. The van der Waals surface area contributed by atoms with Crippen molar-refractivity contribution in [2.45, 2.75) is 59.0 Å². The first kappa shape index (κ1) is 66.8. The summed E-state index contributed by atoms with van der Waals surface area (Å²) in [5.74, 6) is -10.1. The molecule has 0 aliphatic heterocycles. The number of hydrogen-bond acceptors (Lipinski definition) is 15.